The first-order chi connectivity index (χ1) is 11.5. The van der Waals surface area contributed by atoms with Gasteiger partial charge in [0.25, 0.3) is 5.91 Å². The maximum Gasteiger partial charge on any atom is 0.255 e. The number of carbonyl (C=O) groups is 2. The van der Waals surface area contributed by atoms with Gasteiger partial charge in [0, 0.05) is 26.7 Å². The highest BCUT2D eigenvalue weighted by Crippen LogP contribution is 2.22. The number of hydrogen-bond acceptors (Lipinski definition) is 4. The summed E-state index contributed by atoms with van der Waals surface area (Å²) in [5, 5.41) is 16.0. The van der Waals surface area contributed by atoms with E-state index in [1.807, 2.05) is 18.2 Å². The van der Waals surface area contributed by atoms with E-state index in [1.54, 1.807) is 11.9 Å². The molecule has 1 aromatic rings. The number of aliphatic hydroxyl groups is 1. The van der Waals surface area contributed by atoms with Crippen molar-refractivity contribution >= 4 is 11.8 Å². The first-order valence-electron chi connectivity index (χ1n) is 8.52. The molecule has 1 heterocycles. The van der Waals surface area contributed by atoms with Gasteiger partial charge in [0.1, 0.15) is 0 Å². The summed E-state index contributed by atoms with van der Waals surface area (Å²) in [5.74, 6) is -0.396. The molecule has 2 rings (SSSR count). The van der Waals surface area contributed by atoms with Gasteiger partial charge in [0.15, 0.2) is 5.60 Å². The molecule has 0 radical (unpaired) electrons. The molecule has 0 spiro atoms. The summed E-state index contributed by atoms with van der Waals surface area (Å²) in [7, 11) is 1.55. The van der Waals surface area contributed by atoms with Gasteiger partial charge in [-0.15, -0.1) is 0 Å². The largest absolute Gasteiger partial charge is 0.379 e. The Morgan fingerprint density at radius 3 is 2.79 bits per heavy atom. The summed E-state index contributed by atoms with van der Waals surface area (Å²) in [6.45, 7) is 1.53. The van der Waals surface area contributed by atoms with E-state index >= 15 is 0 Å². The molecule has 132 valence electrons. The summed E-state index contributed by atoms with van der Waals surface area (Å²) >= 11 is 0. The van der Waals surface area contributed by atoms with E-state index < -0.39 is 5.60 Å². The van der Waals surface area contributed by atoms with Crippen LogP contribution in [0.1, 0.15) is 24.8 Å². The zero-order valence-electron chi connectivity index (χ0n) is 14.3. The molecule has 24 heavy (non-hydrogen) atoms. The Bertz CT molecular complexity index is 550. The summed E-state index contributed by atoms with van der Waals surface area (Å²) in [4.78, 5) is 25.5. The van der Waals surface area contributed by atoms with Gasteiger partial charge in [-0.25, -0.2) is 0 Å². The monoisotopic (exact) mass is 333 g/mol. The predicted octanol–water partition coefficient (Wildman–Crippen LogP) is 0.308. The van der Waals surface area contributed by atoms with E-state index in [0.29, 0.717) is 19.5 Å². The molecule has 3 N–H and O–H groups in total. The summed E-state index contributed by atoms with van der Waals surface area (Å²) in [5.41, 5.74) is -0.150. The summed E-state index contributed by atoms with van der Waals surface area (Å²) in [6, 6.07) is 10.2. The number of amides is 2. The van der Waals surface area contributed by atoms with Crippen molar-refractivity contribution < 1.29 is 14.7 Å². The number of hydrogen-bond donors (Lipinski definition) is 3. The third-order valence-electron chi connectivity index (χ3n) is 4.42. The Hall–Kier alpha value is -1.92. The van der Waals surface area contributed by atoms with E-state index in [-0.39, 0.29) is 24.9 Å². The number of likely N-dealkylation sites (N-methyl/N-ethyl adjacent to an activating group) is 1. The second-order valence-corrected chi connectivity index (χ2v) is 6.29. The maximum atomic E-state index is 12.6. The number of benzene rings is 1. The minimum absolute atomic E-state index is 0.0973. The lowest BCUT2D eigenvalue weighted by molar-refractivity contribution is -0.156. The second kappa shape index (κ2) is 8.80. The third kappa shape index (κ3) is 5.04. The lowest BCUT2D eigenvalue weighted by Gasteiger charge is -2.38. The van der Waals surface area contributed by atoms with Crippen molar-refractivity contribution in [1.82, 2.24) is 15.5 Å². The molecule has 2 amide bonds. The molecule has 6 nitrogen and oxygen atoms in total. The van der Waals surface area contributed by atoms with Crippen molar-refractivity contribution in [3.8, 4) is 0 Å². The highest BCUT2D eigenvalue weighted by Gasteiger charge is 2.41. The van der Waals surface area contributed by atoms with Crippen molar-refractivity contribution in [3.05, 3.63) is 35.9 Å². The van der Waals surface area contributed by atoms with Gasteiger partial charge in [-0.2, -0.15) is 0 Å². The molecule has 1 aromatic carbocycles. The van der Waals surface area contributed by atoms with Gasteiger partial charge in [0.05, 0.1) is 6.54 Å². The van der Waals surface area contributed by atoms with Crippen LogP contribution in [0.5, 0.6) is 0 Å². The van der Waals surface area contributed by atoms with Crippen LogP contribution in [0, 0.1) is 0 Å². The van der Waals surface area contributed by atoms with Crippen LogP contribution in [-0.2, 0) is 16.0 Å². The Morgan fingerprint density at radius 1 is 1.33 bits per heavy atom. The van der Waals surface area contributed by atoms with Crippen LogP contribution in [0.2, 0.25) is 0 Å². The standard InChI is InChI=1S/C18H27N3O3/c1-19-16(22)13-20-14-18(24)10-6-12-21(17(18)23)11-5-9-15-7-3-2-4-8-15/h2-4,7-8,20,24H,5-6,9-14H2,1H3,(H,19,22)/t18-/m1/s1. The second-order valence-electron chi connectivity index (χ2n) is 6.29. The fourth-order valence-electron chi connectivity index (χ4n) is 3.03. The number of nitrogens with one attached hydrogen (secondary N) is 2. The SMILES string of the molecule is CNC(=O)CNC[C@]1(O)CCCN(CCCc2ccccc2)C1=O. The molecule has 0 saturated carbocycles. The molecule has 6 heteroatoms. The lowest BCUT2D eigenvalue weighted by Crippen LogP contribution is -2.58. The Labute approximate surface area is 143 Å². The van der Waals surface area contributed by atoms with Crippen LogP contribution < -0.4 is 10.6 Å². The Morgan fingerprint density at radius 2 is 2.08 bits per heavy atom. The van der Waals surface area contributed by atoms with E-state index in [2.05, 4.69) is 22.8 Å². The zero-order chi connectivity index (χ0) is 17.4. The van der Waals surface area contributed by atoms with Gasteiger partial charge in [0.2, 0.25) is 5.91 Å². The number of carbonyl (C=O) groups excluding carboxylic acids is 2. The summed E-state index contributed by atoms with van der Waals surface area (Å²) in [6.07, 6.45) is 2.99. The number of nitrogens with zero attached hydrogens (tertiary/aromatic N) is 1. The fourth-order valence-corrected chi connectivity index (χ4v) is 3.03. The van der Waals surface area contributed by atoms with E-state index in [1.165, 1.54) is 5.56 Å². The van der Waals surface area contributed by atoms with Crippen LogP contribution in [0.25, 0.3) is 0 Å². The Balaban J connectivity index is 1.81. The minimum atomic E-state index is -1.40. The number of likely N-dealkylation sites (tertiary alicyclic amines) is 1. The number of rotatable bonds is 8. The van der Waals surface area contributed by atoms with Crippen molar-refractivity contribution in [3.63, 3.8) is 0 Å². The molecule has 1 aliphatic heterocycles. The van der Waals surface area contributed by atoms with Crippen molar-refractivity contribution in [1.29, 1.82) is 0 Å². The smallest absolute Gasteiger partial charge is 0.255 e. The zero-order valence-corrected chi connectivity index (χ0v) is 14.3. The first kappa shape index (κ1) is 18.4. The summed E-state index contributed by atoms with van der Waals surface area (Å²) < 4.78 is 0. The van der Waals surface area contributed by atoms with Crippen LogP contribution in [-0.4, -0.2) is 60.6 Å². The fraction of sp³-hybridized carbons (Fsp3) is 0.556. The highest BCUT2D eigenvalue weighted by atomic mass is 16.3. The lowest BCUT2D eigenvalue weighted by atomic mass is 9.91. The Kier molecular flexibility index (Phi) is 6.75. The van der Waals surface area contributed by atoms with Crippen LogP contribution in [0.15, 0.2) is 30.3 Å². The molecule has 0 aromatic heterocycles. The van der Waals surface area contributed by atoms with Gasteiger partial charge >= 0.3 is 0 Å². The molecular weight excluding hydrogens is 306 g/mol. The molecule has 1 aliphatic rings. The molecule has 1 saturated heterocycles. The number of aryl methyl sites for hydroxylation is 1. The van der Waals surface area contributed by atoms with Gasteiger partial charge in [-0.05, 0) is 31.2 Å². The van der Waals surface area contributed by atoms with Gasteiger partial charge < -0.3 is 20.6 Å². The number of piperidine rings is 1. The molecule has 1 atom stereocenters. The average molecular weight is 333 g/mol. The molecule has 0 aliphatic carbocycles. The normalized spacial score (nSPS) is 20.9. The van der Waals surface area contributed by atoms with Gasteiger partial charge in [-0.3, -0.25) is 9.59 Å². The molecule has 1 fully saturated rings. The van der Waals surface area contributed by atoms with E-state index in [0.717, 1.165) is 19.3 Å². The van der Waals surface area contributed by atoms with Crippen LogP contribution >= 0.6 is 0 Å². The average Bonchev–Trinajstić information content (AvgIpc) is 2.59. The van der Waals surface area contributed by atoms with E-state index in [4.69, 9.17) is 0 Å². The quantitative estimate of drug-likeness (QED) is 0.639. The van der Waals surface area contributed by atoms with Gasteiger partial charge in [-0.1, -0.05) is 30.3 Å². The third-order valence-corrected chi connectivity index (χ3v) is 4.42. The van der Waals surface area contributed by atoms with E-state index in [9.17, 15) is 14.7 Å². The first-order valence-corrected chi connectivity index (χ1v) is 8.52. The maximum absolute atomic E-state index is 12.6. The van der Waals surface area contributed by atoms with Crippen LogP contribution in [0.3, 0.4) is 0 Å². The molecule has 0 unspecified atom stereocenters. The van der Waals surface area contributed by atoms with Crippen LogP contribution in [0.4, 0.5) is 0 Å². The minimum Gasteiger partial charge on any atom is -0.379 e. The molecule has 0 bridgehead atoms. The topological polar surface area (TPSA) is 81.7 Å². The molecular formula is C18H27N3O3. The van der Waals surface area contributed by atoms with Crippen molar-refractivity contribution in [2.45, 2.75) is 31.3 Å². The van der Waals surface area contributed by atoms with Crippen molar-refractivity contribution in [2.75, 3.05) is 33.2 Å². The van der Waals surface area contributed by atoms with Crippen molar-refractivity contribution in [2.24, 2.45) is 0 Å². The highest BCUT2D eigenvalue weighted by molar-refractivity contribution is 5.86. The predicted molar refractivity (Wildman–Crippen MR) is 92.5 cm³/mol.